The molecule has 0 aliphatic rings. The Morgan fingerprint density at radius 3 is 2.83 bits per heavy atom. The van der Waals surface area contributed by atoms with Crippen molar-refractivity contribution in [3.05, 3.63) is 48.3 Å². The predicted octanol–water partition coefficient (Wildman–Crippen LogP) is 0.810. The summed E-state index contributed by atoms with van der Waals surface area (Å²) >= 11 is 0. The van der Waals surface area contributed by atoms with Crippen molar-refractivity contribution in [2.24, 2.45) is 7.05 Å². The molecular weight excluding hydrogens is 228 g/mol. The van der Waals surface area contributed by atoms with Crippen LogP contribution in [0.2, 0.25) is 0 Å². The Hall–Kier alpha value is -1.72. The van der Waals surface area contributed by atoms with E-state index in [4.69, 9.17) is 5.11 Å². The van der Waals surface area contributed by atoms with Crippen LogP contribution in [0.3, 0.4) is 0 Å². The van der Waals surface area contributed by atoms with Crippen molar-refractivity contribution in [1.82, 2.24) is 19.4 Å². The van der Waals surface area contributed by atoms with E-state index < -0.39 is 0 Å². The molecule has 0 aliphatic carbocycles. The van der Waals surface area contributed by atoms with Gasteiger partial charge in [-0.3, -0.25) is 9.88 Å². The molecule has 2 aromatic heterocycles. The van der Waals surface area contributed by atoms with Gasteiger partial charge in [0.05, 0.1) is 13.2 Å². The second kappa shape index (κ2) is 6.28. The standard InChI is InChI=1S/C13H18N4O/c1-16-6-5-15-13(16)11-17(7-8-18)10-12-3-2-4-14-9-12/h2-6,9,18H,7-8,10-11H2,1H3. The highest BCUT2D eigenvalue weighted by Gasteiger charge is 2.09. The zero-order chi connectivity index (χ0) is 12.8. The molecule has 0 aliphatic heterocycles. The second-order valence-electron chi connectivity index (χ2n) is 4.25. The van der Waals surface area contributed by atoms with Crippen LogP contribution in [0.25, 0.3) is 0 Å². The van der Waals surface area contributed by atoms with Crippen LogP contribution in [-0.4, -0.2) is 37.7 Å². The summed E-state index contributed by atoms with van der Waals surface area (Å²) in [6.45, 7) is 2.26. The molecule has 0 saturated heterocycles. The molecule has 2 heterocycles. The lowest BCUT2D eigenvalue weighted by Gasteiger charge is -2.20. The highest BCUT2D eigenvalue weighted by Crippen LogP contribution is 2.07. The van der Waals surface area contributed by atoms with Gasteiger partial charge < -0.3 is 9.67 Å². The van der Waals surface area contributed by atoms with Gasteiger partial charge in [0.25, 0.3) is 0 Å². The van der Waals surface area contributed by atoms with E-state index in [1.165, 1.54) is 0 Å². The van der Waals surface area contributed by atoms with Gasteiger partial charge in [0.1, 0.15) is 5.82 Å². The van der Waals surface area contributed by atoms with Crippen molar-refractivity contribution in [3.63, 3.8) is 0 Å². The van der Waals surface area contributed by atoms with Gasteiger partial charge >= 0.3 is 0 Å². The number of aromatic nitrogens is 3. The molecule has 0 amide bonds. The first-order valence-electron chi connectivity index (χ1n) is 5.98. The minimum Gasteiger partial charge on any atom is -0.395 e. The maximum Gasteiger partial charge on any atom is 0.122 e. The number of aryl methyl sites for hydroxylation is 1. The fourth-order valence-corrected chi connectivity index (χ4v) is 1.85. The molecule has 18 heavy (non-hydrogen) atoms. The van der Waals surface area contributed by atoms with Crippen molar-refractivity contribution in [2.45, 2.75) is 13.1 Å². The molecule has 1 N–H and O–H groups in total. The number of aliphatic hydroxyl groups excluding tert-OH is 1. The van der Waals surface area contributed by atoms with Crippen LogP contribution in [0.1, 0.15) is 11.4 Å². The smallest absolute Gasteiger partial charge is 0.122 e. The first-order chi connectivity index (χ1) is 8.79. The maximum absolute atomic E-state index is 9.13. The summed E-state index contributed by atoms with van der Waals surface area (Å²) in [6, 6.07) is 3.96. The van der Waals surface area contributed by atoms with Crippen molar-refractivity contribution < 1.29 is 5.11 Å². The largest absolute Gasteiger partial charge is 0.395 e. The highest BCUT2D eigenvalue weighted by molar-refractivity contribution is 5.08. The lowest BCUT2D eigenvalue weighted by molar-refractivity contribution is 0.180. The van der Waals surface area contributed by atoms with Gasteiger partial charge in [-0.1, -0.05) is 6.07 Å². The van der Waals surface area contributed by atoms with E-state index >= 15 is 0 Å². The Morgan fingerprint density at radius 2 is 2.22 bits per heavy atom. The van der Waals surface area contributed by atoms with Crippen LogP contribution >= 0.6 is 0 Å². The van der Waals surface area contributed by atoms with E-state index in [1.54, 1.807) is 12.4 Å². The molecule has 0 unspecified atom stereocenters. The number of hydrogen-bond acceptors (Lipinski definition) is 4. The zero-order valence-corrected chi connectivity index (χ0v) is 10.5. The average molecular weight is 246 g/mol. The van der Waals surface area contributed by atoms with E-state index in [1.807, 2.05) is 36.1 Å². The van der Waals surface area contributed by atoms with Crippen molar-refractivity contribution in [2.75, 3.05) is 13.2 Å². The molecule has 2 rings (SSSR count). The number of imidazole rings is 1. The molecule has 5 nitrogen and oxygen atoms in total. The van der Waals surface area contributed by atoms with Crippen molar-refractivity contribution in [3.8, 4) is 0 Å². The number of hydrogen-bond donors (Lipinski definition) is 1. The summed E-state index contributed by atoms with van der Waals surface area (Å²) < 4.78 is 1.99. The minimum atomic E-state index is 0.144. The topological polar surface area (TPSA) is 54.2 Å². The van der Waals surface area contributed by atoms with Crippen LogP contribution in [0.5, 0.6) is 0 Å². The summed E-state index contributed by atoms with van der Waals surface area (Å²) in [5.74, 6) is 0.993. The Labute approximate surface area is 107 Å². The van der Waals surface area contributed by atoms with Crippen molar-refractivity contribution >= 4 is 0 Å². The molecule has 0 fully saturated rings. The van der Waals surface area contributed by atoms with Gasteiger partial charge in [-0.05, 0) is 11.6 Å². The van der Waals surface area contributed by atoms with Gasteiger partial charge in [-0.2, -0.15) is 0 Å². The Morgan fingerprint density at radius 1 is 1.33 bits per heavy atom. The fourth-order valence-electron chi connectivity index (χ4n) is 1.85. The highest BCUT2D eigenvalue weighted by atomic mass is 16.3. The van der Waals surface area contributed by atoms with Crippen LogP contribution in [0, 0.1) is 0 Å². The third kappa shape index (κ3) is 3.38. The molecule has 0 spiro atoms. The molecule has 0 bridgehead atoms. The van der Waals surface area contributed by atoms with E-state index in [-0.39, 0.29) is 6.61 Å². The van der Waals surface area contributed by atoms with Crippen LogP contribution in [-0.2, 0) is 20.1 Å². The van der Waals surface area contributed by atoms with Crippen LogP contribution in [0.15, 0.2) is 36.9 Å². The van der Waals surface area contributed by atoms with Gasteiger partial charge in [-0.25, -0.2) is 4.98 Å². The first kappa shape index (κ1) is 12.7. The summed E-state index contributed by atoms with van der Waals surface area (Å²) in [5, 5.41) is 9.13. The molecule has 0 atom stereocenters. The molecule has 2 aromatic rings. The van der Waals surface area contributed by atoms with E-state index in [0.29, 0.717) is 6.54 Å². The fraction of sp³-hybridized carbons (Fsp3) is 0.385. The normalized spacial score (nSPS) is 11.1. The lowest BCUT2D eigenvalue weighted by Crippen LogP contribution is -2.27. The summed E-state index contributed by atoms with van der Waals surface area (Å²) in [6.07, 6.45) is 7.33. The SMILES string of the molecule is Cn1ccnc1CN(CCO)Cc1cccnc1. The first-order valence-corrected chi connectivity index (χ1v) is 5.98. The number of rotatable bonds is 6. The summed E-state index contributed by atoms with van der Waals surface area (Å²) in [5.41, 5.74) is 1.14. The molecule has 96 valence electrons. The maximum atomic E-state index is 9.13. The zero-order valence-electron chi connectivity index (χ0n) is 10.5. The molecular formula is C13H18N4O. The molecule has 0 saturated carbocycles. The van der Waals surface area contributed by atoms with E-state index in [2.05, 4.69) is 14.9 Å². The monoisotopic (exact) mass is 246 g/mol. The van der Waals surface area contributed by atoms with Gasteiger partial charge in [0.2, 0.25) is 0 Å². The number of aliphatic hydroxyl groups is 1. The Balaban J connectivity index is 2.02. The summed E-state index contributed by atoms with van der Waals surface area (Å²) in [4.78, 5) is 10.6. The molecule has 0 aromatic carbocycles. The van der Waals surface area contributed by atoms with E-state index in [9.17, 15) is 0 Å². The van der Waals surface area contributed by atoms with Gasteiger partial charge in [-0.15, -0.1) is 0 Å². The number of nitrogens with zero attached hydrogens (tertiary/aromatic N) is 4. The van der Waals surface area contributed by atoms with E-state index in [0.717, 1.165) is 24.5 Å². The van der Waals surface area contributed by atoms with Crippen molar-refractivity contribution in [1.29, 1.82) is 0 Å². The third-order valence-corrected chi connectivity index (χ3v) is 2.83. The van der Waals surface area contributed by atoms with Crippen LogP contribution < -0.4 is 0 Å². The Bertz CT molecular complexity index is 469. The molecule has 5 heteroatoms. The Kier molecular flexibility index (Phi) is 4.44. The predicted molar refractivity (Wildman–Crippen MR) is 68.6 cm³/mol. The third-order valence-electron chi connectivity index (χ3n) is 2.83. The number of pyridine rings is 1. The minimum absolute atomic E-state index is 0.144. The van der Waals surface area contributed by atoms with Gasteiger partial charge in [0.15, 0.2) is 0 Å². The summed E-state index contributed by atoms with van der Waals surface area (Å²) in [7, 11) is 1.98. The molecule has 0 radical (unpaired) electrons. The lowest BCUT2D eigenvalue weighted by atomic mass is 10.2. The second-order valence-corrected chi connectivity index (χ2v) is 4.25. The van der Waals surface area contributed by atoms with Gasteiger partial charge in [0, 0.05) is 44.9 Å². The quantitative estimate of drug-likeness (QED) is 0.819. The average Bonchev–Trinajstić information content (AvgIpc) is 2.77. The van der Waals surface area contributed by atoms with Crippen LogP contribution in [0.4, 0.5) is 0 Å².